The van der Waals surface area contributed by atoms with Crippen molar-refractivity contribution in [3.8, 4) is 16.9 Å². The Morgan fingerprint density at radius 2 is 1.34 bits per heavy atom. The second-order valence-electron chi connectivity index (χ2n) is 7.41. The lowest BCUT2D eigenvalue weighted by atomic mass is 10.1. The van der Waals surface area contributed by atoms with Crippen molar-refractivity contribution < 1.29 is 13.9 Å². The predicted molar refractivity (Wildman–Crippen MR) is 127 cm³/mol. The normalized spacial score (nSPS) is 10.8. The lowest BCUT2D eigenvalue weighted by Crippen LogP contribution is -2.13. The number of carbonyl (C=O) groups is 1. The van der Waals surface area contributed by atoms with Gasteiger partial charge in [0.05, 0.1) is 0 Å². The molecule has 0 atom stereocenters. The van der Waals surface area contributed by atoms with Crippen LogP contribution in [0.1, 0.15) is 16.1 Å². The summed E-state index contributed by atoms with van der Waals surface area (Å²) in [6.07, 6.45) is 0. The molecule has 1 aromatic heterocycles. The summed E-state index contributed by atoms with van der Waals surface area (Å²) in [4.78, 5) is 13.1. The number of carbonyl (C=O) groups excluding carboxylic acids is 1. The maximum atomic E-state index is 13.1. The van der Waals surface area contributed by atoms with Gasteiger partial charge in [-0.15, -0.1) is 0 Å². The zero-order chi connectivity index (χ0) is 21.8. The molecule has 0 aliphatic rings. The molecule has 0 radical (unpaired) electrons. The van der Waals surface area contributed by atoms with Crippen LogP contribution < -0.4 is 10.1 Å². The first-order valence-electron chi connectivity index (χ1n) is 10.4. The van der Waals surface area contributed by atoms with Crippen LogP contribution in [0.5, 0.6) is 5.75 Å². The van der Waals surface area contributed by atoms with Crippen molar-refractivity contribution in [2.75, 3.05) is 5.32 Å². The number of rotatable bonds is 6. The molecule has 0 bridgehead atoms. The Balaban J connectivity index is 1.39. The first kappa shape index (κ1) is 19.6. The molecule has 32 heavy (non-hydrogen) atoms. The van der Waals surface area contributed by atoms with Crippen molar-refractivity contribution >= 4 is 22.6 Å². The summed E-state index contributed by atoms with van der Waals surface area (Å²) < 4.78 is 11.8. The van der Waals surface area contributed by atoms with Crippen LogP contribution in [0.2, 0.25) is 0 Å². The Morgan fingerprint density at radius 3 is 2.09 bits per heavy atom. The first-order chi connectivity index (χ1) is 15.8. The number of hydrogen-bond acceptors (Lipinski definition) is 3. The highest BCUT2D eigenvalue weighted by Gasteiger charge is 2.21. The maximum Gasteiger partial charge on any atom is 0.291 e. The second-order valence-corrected chi connectivity index (χ2v) is 7.41. The van der Waals surface area contributed by atoms with Gasteiger partial charge in [-0.05, 0) is 41.5 Å². The summed E-state index contributed by atoms with van der Waals surface area (Å²) in [6, 6.07) is 35.0. The third-order valence-corrected chi connectivity index (χ3v) is 5.28. The van der Waals surface area contributed by atoms with Crippen LogP contribution in [0.15, 0.2) is 114 Å². The molecule has 156 valence electrons. The minimum Gasteiger partial charge on any atom is -0.489 e. The van der Waals surface area contributed by atoms with Crippen LogP contribution in [0, 0.1) is 0 Å². The zero-order valence-corrected chi connectivity index (χ0v) is 17.3. The molecule has 5 rings (SSSR count). The highest BCUT2D eigenvalue weighted by molar-refractivity contribution is 6.06. The van der Waals surface area contributed by atoms with Crippen LogP contribution in [0.4, 0.5) is 5.69 Å². The number of ether oxygens (including phenoxy) is 1. The molecule has 4 nitrogen and oxygen atoms in total. The van der Waals surface area contributed by atoms with Gasteiger partial charge in [0.1, 0.15) is 17.9 Å². The monoisotopic (exact) mass is 419 g/mol. The molecule has 0 aliphatic carbocycles. The van der Waals surface area contributed by atoms with Crippen LogP contribution in [-0.4, -0.2) is 5.91 Å². The Morgan fingerprint density at radius 1 is 0.719 bits per heavy atom. The van der Waals surface area contributed by atoms with E-state index in [1.54, 1.807) is 0 Å². The van der Waals surface area contributed by atoms with E-state index in [9.17, 15) is 4.79 Å². The third-order valence-electron chi connectivity index (χ3n) is 5.28. The fraction of sp³-hybridized carbons (Fsp3) is 0.0357. The molecule has 1 N–H and O–H groups in total. The highest BCUT2D eigenvalue weighted by Crippen LogP contribution is 2.28. The number of amides is 1. The molecule has 0 saturated carbocycles. The second kappa shape index (κ2) is 8.82. The fourth-order valence-electron chi connectivity index (χ4n) is 3.66. The van der Waals surface area contributed by atoms with Gasteiger partial charge < -0.3 is 14.5 Å². The van der Waals surface area contributed by atoms with Crippen molar-refractivity contribution in [1.82, 2.24) is 0 Å². The molecule has 1 amide bonds. The van der Waals surface area contributed by atoms with E-state index in [0.29, 0.717) is 11.3 Å². The van der Waals surface area contributed by atoms with Gasteiger partial charge in [-0.1, -0.05) is 78.9 Å². The molecule has 5 aromatic rings. The van der Waals surface area contributed by atoms with E-state index in [2.05, 4.69) is 17.4 Å². The zero-order valence-electron chi connectivity index (χ0n) is 17.3. The molecule has 1 heterocycles. The van der Waals surface area contributed by atoms with Gasteiger partial charge in [0.2, 0.25) is 0 Å². The summed E-state index contributed by atoms with van der Waals surface area (Å²) >= 11 is 0. The summed E-state index contributed by atoms with van der Waals surface area (Å²) in [7, 11) is 0. The summed E-state index contributed by atoms with van der Waals surface area (Å²) in [5, 5.41) is 3.82. The van der Waals surface area contributed by atoms with Crippen molar-refractivity contribution in [2.24, 2.45) is 0 Å². The smallest absolute Gasteiger partial charge is 0.291 e. The van der Waals surface area contributed by atoms with Crippen molar-refractivity contribution in [3.05, 3.63) is 121 Å². The average Bonchev–Trinajstić information content (AvgIpc) is 3.23. The van der Waals surface area contributed by atoms with E-state index in [0.717, 1.165) is 27.8 Å². The maximum absolute atomic E-state index is 13.1. The largest absolute Gasteiger partial charge is 0.489 e. The van der Waals surface area contributed by atoms with Gasteiger partial charge >= 0.3 is 0 Å². The highest BCUT2D eigenvalue weighted by atomic mass is 16.5. The lowest BCUT2D eigenvalue weighted by Gasteiger charge is -2.08. The summed E-state index contributed by atoms with van der Waals surface area (Å²) in [5.41, 5.74) is 4.30. The van der Waals surface area contributed by atoms with E-state index in [4.69, 9.17) is 9.15 Å². The molecular weight excluding hydrogens is 398 g/mol. The quantitative estimate of drug-likeness (QED) is 0.325. The van der Waals surface area contributed by atoms with Crippen molar-refractivity contribution in [1.29, 1.82) is 0 Å². The Hall–Kier alpha value is -4.31. The number of para-hydroxylation sites is 2. The van der Waals surface area contributed by atoms with E-state index in [-0.39, 0.29) is 18.3 Å². The SMILES string of the molecule is O=C(Nc1ccc(-c2ccccc2)cc1)c1oc2ccccc2c1COc1ccccc1. The summed E-state index contributed by atoms with van der Waals surface area (Å²) in [6.45, 7) is 0.233. The Kier molecular flexibility index (Phi) is 5.41. The topological polar surface area (TPSA) is 51.5 Å². The van der Waals surface area contributed by atoms with Gasteiger partial charge in [0.15, 0.2) is 5.76 Å². The lowest BCUT2D eigenvalue weighted by molar-refractivity contribution is 0.0995. The van der Waals surface area contributed by atoms with Crippen LogP contribution in [-0.2, 0) is 6.61 Å². The van der Waals surface area contributed by atoms with Gasteiger partial charge in [0.25, 0.3) is 5.91 Å². The third kappa shape index (κ3) is 4.12. The van der Waals surface area contributed by atoms with Gasteiger partial charge in [-0.3, -0.25) is 4.79 Å². The molecule has 0 saturated heterocycles. The van der Waals surface area contributed by atoms with Crippen LogP contribution >= 0.6 is 0 Å². The van der Waals surface area contributed by atoms with E-state index in [1.807, 2.05) is 97.1 Å². The van der Waals surface area contributed by atoms with E-state index >= 15 is 0 Å². The van der Waals surface area contributed by atoms with Crippen LogP contribution in [0.25, 0.3) is 22.1 Å². The first-order valence-corrected chi connectivity index (χ1v) is 10.4. The number of fused-ring (bicyclic) bond motifs is 1. The van der Waals surface area contributed by atoms with E-state index in [1.165, 1.54) is 0 Å². The summed E-state index contributed by atoms with van der Waals surface area (Å²) in [5.74, 6) is 0.690. The van der Waals surface area contributed by atoms with Gasteiger partial charge in [-0.2, -0.15) is 0 Å². The molecule has 0 fully saturated rings. The minimum absolute atomic E-state index is 0.233. The standard InChI is InChI=1S/C28H21NO3/c30-28(29-22-17-15-21(16-18-22)20-9-3-1-4-10-20)27-25(19-31-23-11-5-2-6-12-23)24-13-7-8-14-26(24)32-27/h1-18H,19H2,(H,29,30). The van der Waals surface area contributed by atoms with Crippen molar-refractivity contribution in [3.63, 3.8) is 0 Å². The van der Waals surface area contributed by atoms with Crippen molar-refractivity contribution in [2.45, 2.75) is 6.61 Å². The van der Waals surface area contributed by atoms with E-state index < -0.39 is 0 Å². The average molecular weight is 419 g/mol. The van der Waals surface area contributed by atoms with Crippen LogP contribution in [0.3, 0.4) is 0 Å². The molecule has 4 aromatic carbocycles. The molecular formula is C28H21NO3. The molecule has 0 spiro atoms. The predicted octanol–water partition coefficient (Wildman–Crippen LogP) is 6.93. The fourth-order valence-corrected chi connectivity index (χ4v) is 3.66. The number of nitrogens with one attached hydrogen (secondary N) is 1. The molecule has 0 aliphatic heterocycles. The van der Waals surface area contributed by atoms with Gasteiger partial charge in [0, 0.05) is 16.6 Å². The minimum atomic E-state index is -0.305. The Bertz CT molecular complexity index is 1340. The molecule has 0 unspecified atom stereocenters. The van der Waals surface area contributed by atoms with Gasteiger partial charge in [-0.25, -0.2) is 0 Å². The number of furan rings is 1. The number of anilines is 1. The molecule has 4 heteroatoms. The number of hydrogen-bond donors (Lipinski definition) is 1. The Labute approximate surface area is 186 Å². The number of benzene rings is 4.